The highest BCUT2D eigenvalue weighted by Crippen LogP contribution is 2.74. The molecule has 24 heteroatoms. The zero-order chi connectivity index (χ0) is 82.6. The maximum absolute atomic E-state index is 14.7. The minimum atomic E-state index is -1.45. The number of allylic oxidation sites excluding steroid dienone is 9. The SMILES string of the molecule is CC12C=CC(=O)C=C1CCC1C2[C@@H](O)CC2(C)C1C[C@H]1OC(c3ccccc3)O[C@]12C(=O)CSc1nc2ccccc2s1.CC12CCC(=O)C=C1CCC1C2[C@@H](O)CC2(C)C1CC[C@]2(O)C(=O)CSc1ccc(Cl)c(Cl)c1.CCCC1O[C@@H]2CC3C4CCC5=CC(=O)C=CC5(C)C4[C@@H](O)CC3(C)[C@]2(C(=O)CSc2c(Cl)cc(Cl)cc2Cl)O1. The third-order valence-corrected chi connectivity index (χ3v) is 37.7. The van der Waals surface area contributed by atoms with Crippen molar-refractivity contribution < 1.29 is 68.1 Å². The molecule has 622 valence electrons. The van der Waals surface area contributed by atoms with Gasteiger partial charge in [0.15, 0.2) is 62.8 Å². The smallest absolute Gasteiger partial charge is 0.185 e. The number of hydrogen-bond acceptors (Lipinski definition) is 19. The Bertz CT molecular complexity index is 4980. The number of carbonyl (C=O) groups excluding carboxylic acids is 6. The van der Waals surface area contributed by atoms with Gasteiger partial charge in [-0.25, -0.2) is 4.98 Å². The summed E-state index contributed by atoms with van der Waals surface area (Å²) >= 11 is 36.8. The zero-order valence-corrected chi connectivity index (χ0v) is 73.9. The molecule has 117 heavy (non-hydrogen) atoms. The van der Waals surface area contributed by atoms with E-state index in [0.717, 1.165) is 93.9 Å². The molecule has 19 rings (SSSR count). The first-order valence-corrected chi connectivity index (χ1v) is 47.4. The Morgan fingerprint density at radius 1 is 0.556 bits per heavy atom. The highest BCUT2D eigenvalue weighted by Gasteiger charge is 2.78. The van der Waals surface area contributed by atoms with Crippen molar-refractivity contribution in [2.75, 3.05) is 17.3 Å². The monoisotopic (exact) mass is 1760 g/mol. The number of benzene rings is 4. The summed E-state index contributed by atoms with van der Waals surface area (Å²) in [4.78, 5) is 85.3. The number of carbonyl (C=O) groups is 6. The lowest BCUT2D eigenvalue weighted by Crippen LogP contribution is -2.63. The van der Waals surface area contributed by atoms with Gasteiger partial charge in [0, 0.05) is 65.7 Å². The van der Waals surface area contributed by atoms with Crippen LogP contribution < -0.4 is 0 Å². The van der Waals surface area contributed by atoms with Crippen molar-refractivity contribution in [3.05, 3.63) is 175 Å². The minimum absolute atomic E-state index is 0.0154. The Balaban J connectivity index is 0.000000127. The number of rotatable bonds is 15. The van der Waals surface area contributed by atoms with E-state index in [-0.39, 0.29) is 128 Å². The van der Waals surface area contributed by atoms with Gasteiger partial charge in [-0.2, -0.15) is 0 Å². The summed E-state index contributed by atoms with van der Waals surface area (Å²) in [5.41, 5.74) is -1.35. The molecule has 14 aliphatic rings. The molecule has 0 radical (unpaired) electrons. The van der Waals surface area contributed by atoms with Crippen molar-refractivity contribution in [3.63, 3.8) is 0 Å². The van der Waals surface area contributed by atoms with Crippen LogP contribution in [0.5, 0.6) is 0 Å². The lowest BCUT2D eigenvalue weighted by Gasteiger charge is -2.60. The Morgan fingerprint density at radius 2 is 1.10 bits per heavy atom. The van der Waals surface area contributed by atoms with Crippen LogP contribution in [0.2, 0.25) is 25.1 Å². The number of fused-ring (bicyclic) bond motifs is 20. The van der Waals surface area contributed by atoms with Crippen molar-refractivity contribution in [1.82, 2.24) is 4.98 Å². The van der Waals surface area contributed by atoms with Gasteiger partial charge in [-0.05, 0) is 216 Å². The van der Waals surface area contributed by atoms with Gasteiger partial charge in [-0.15, -0.1) is 34.9 Å². The van der Waals surface area contributed by atoms with E-state index in [0.29, 0.717) is 81.4 Å². The molecule has 5 aromatic rings. The van der Waals surface area contributed by atoms with Crippen LogP contribution in [0.1, 0.15) is 169 Å². The number of thiazole rings is 1. The first kappa shape index (κ1) is 84.9. The van der Waals surface area contributed by atoms with Gasteiger partial charge in [0.25, 0.3) is 0 Å². The van der Waals surface area contributed by atoms with Gasteiger partial charge in [-0.3, -0.25) is 28.8 Å². The first-order valence-electron chi connectivity index (χ1n) is 41.7. The minimum Gasteiger partial charge on any atom is -0.393 e. The lowest BCUT2D eigenvalue weighted by atomic mass is 9.45. The number of nitrogens with zero attached hydrogens (tertiary/aromatic N) is 1. The number of aliphatic hydroxyl groups excluding tert-OH is 3. The van der Waals surface area contributed by atoms with E-state index < -0.39 is 70.0 Å². The zero-order valence-electron chi connectivity index (χ0n) is 66.8. The second kappa shape index (κ2) is 31.7. The van der Waals surface area contributed by atoms with Crippen LogP contribution >= 0.6 is 105 Å². The quantitative estimate of drug-likeness (QED) is 0.0714. The van der Waals surface area contributed by atoms with Crippen molar-refractivity contribution in [1.29, 1.82) is 0 Å². The Labute approximate surface area is 726 Å². The molecule has 11 fully saturated rings. The van der Waals surface area contributed by atoms with Crippen LogP contribution in [-0.4, -0.2) is 131 Å². The molecule has 4 N–H and O–H groups in total. The fourth-order valence-corrected chi connectivity index (χ4v) is 31.7. The standard InChI is InChI=1S/C35H35NO5S2.C31H35Cl3O5S.C27H32Cl2O4S/c1-33-15-14-22(37)16-21(33)12-13-23-24-17-29-35(34(24,2)18-26(38)30(23)33,41-31(40-29)20-8-4-3-5-9-20)28(39)19-42-32-36-25-10-6-7-11-27(25)43-32;1-4-5-26-38-25-13-20-19-7-6-16-10-18(35)8-9-29(16,2)27(19)23(36)14-30(20,3)31(25,39-26)24(37)15-40-28-21(33)11-17(32)12-22(28)34;1-25-9-7-16(30)11-15(25)3-5-18-19-8-10-27(33,26(19,2)13-22(31)24(18)25)23(32)14-34-17-4-6-20(28)21(29)12-17/h3-11,14-16,23-24,26,29-31,38H,12-13,17-19H2,1-2H3;8-12,19-20,23,25-27,36H,4-7,13-15H2,1-3H3;4,6,11-12,18-19,22,24,31,33H,3,5,7-10,13-14H2,1-2H3/t23?,24?,26-,29+,30?,31?,33?,34?,35+;19?,20?,23-,25+,26?,27?,29?,30?,31+;18?,19?,22-,24?,25?,26?,27-/m000/s1. The predicted octanol–water partition coefficient (Wildman–Crippen LogP) is 20.1. The van der Waals surface area contributed by atoms with E-state index in [2.05, 4.69) is 47.6 Å². The molecule has 2 aliphatic heterocycles. The molecule has 0 bridgehead atoms. The Kier molecular flexibility index (Phi) is 23.0. The fraction of sp³-hybridized carbons (Fsp3) is 0.559. The molecular formula is C93H102Cl5NO14S4. The molecule has 0 amide bonds. The third kappa shape index (κ3) is 13.7. The van der Waals surface area contributed by atoms with Gasteiger partial charge >= 0.3 is 0 Å². The molecule has 17 unspecified atom stereocenters. The van der Waals surface area contributed by atoms with E-state index >= 15 is 0 Å². The molecule has 25 atom stereocenters. The van der Waals surface area contributed by atoms with E-state index in [1.54, 1.807) is 59.9 Å². The van der Waals surface area contributed by atoms with Crippen LogP contribution in [0.15, 0.2) is 158 Å². The van der Waals surface area contributed by atoms with Gasteiger partial charge in [0.2, 0.25) is 0 Å². The predicted molar refractivity (Wildman–Crippen MR) is 460 cm³/mol. The summed E-state index contributed by atoms with van der Waals surface area (Å²) in [6, 6.07) is 26.4. The largest absolute Gasteiger partial charge is 0.393 e. The van der Waals surface area contributed by atoms with Crippen molar-refractivity contribution in [3.8, 4) is 0 Å². The maximum atomic E-state index is 14.7. The van der Waals surface area contributed by atoms with Gasteiger partial charge in [0.05, 0.1) is 78.1 Å². The molecular weight excluding hydrogens is 1660 g/mol. The Hall–Kier alpha value is -4.33. The Morgan fingerprint density at radius 3 is 1.71 bits per heavy atom. The number of halogens is 5. The highest BCUT2D eigenvalue weighted by atomic mass is 35.5. The number of ether oxygens (including phenoxy) is 4. The number of aromatic nitrogens is 1. The topological polar surface area (TPSA) is 233 Å². The first-order chi connectivity index (χ1) is 55.7. The summed E-state index contributed by atoms with van der Waals surface area (Å²) in [5.74, 6) is 1.59. The number of thioether (sulfide) groups is 3. The lowest BCUT2D eigenvalue weighted by molar-refractivity contribution is -0.198. The third-order valence-electron chi connectivity index (χ3n) is 31.6. The van der Waals surface area contributed by atoms with Crippen molar-refractivity contribution in [2.45, 2.75) is 232 Å². The van der Waals surface area contributed by atoms with Crippen LogP contribution in [-0.2, 0) is 47.7 Å². The van der Waals surface area contributed by atoms with Gasteiger partial charge < -0.3 is 39.4 Å². The molecule has 0 spiro atoms. The molecule has 1 aromatic heterocycles. The molecule has 3 heterocycles. The average Bonchev–Trinajstić information content (AvgIpc) is 1.56. The summed E-state index contributed by atoms with van der Waals surface area (Å²) < 4.78 is 28.8. The number of Topliss-reactive ketones (excluding diaryl/α,β-unsaturated/α-hetero) is 3. The normalized spacial score (nSPS) is 40.8. The van der Waals surface area contributed by atoms with Crippen LogP contribution in [0, 0.1) is 85.8 Å². The summed E-state index contributed by atoms with van der Waals surface area (Å²) in [5, 5.41) is 49.4. The average molecular weight is 1760 g/mol. The fourth-order valence-electron chi connectivity index (χ4n) is 26.4. The van der Waals surface area contributed by atoms with Crippen molar-refractivity contribution >= 4 is 150 Å². The summed E-state index contributed by atoms with van der Waals surface area (Å²) in [7, 11) is 0. The number of hydrogen-bond donors (Lipinski definition) is 4. The van der Waals surface area contributed by atoms with Gasteiger partial charge in [0.1, 0.15) is 5.60 Å². The van der Waals surface area contributed by atoms with E-state index in [1.807, 2.05) is 79.7 Å². The van der Waals surface area contributed by atoms with Crippen molar-refractivity contribution in [2.24, 2.45) is 85.8 Å². The van der Waals surface area contributed by atoms with E-state index in [1.165, 1.54) is 40.9 Å². The number of ketones is 6. The van der Waals surface area contributed by atoms with Crippen LogP contribution in [0.25, 0.3) is 10.2 Å². The maximum Gasteiger partial charge on any atom is 0.185 e. The molecule has 4 aromatic carbocycles. The second-order valence-electron chi connectivity index (χ2n) is 37.1. The van der Waals surface area contributed by atoms with E-state index in [4.69, 9.17) is 81.9 Å². The van der Waals surface area contributed by atoms with Gasteiger partial charge in [-0.1, -0.05) is 196 Å². The molecule has 9 saturated carbocycles. The summed E-state index contributed by atoms with van der Waals surface area (Å²) in [6.07, 6.45) is 20.9. The molecule has 15 nitrogen and oxygen atoms in total. The summed E-state index contributed by atoms with van der Waals surface area (Å²) in [6.45, 7) is 14.9. The number of aliphatic hydroxyl groups is 4. The molecule has 12 aliphatic carbocycles. The van der Waals surface area contributed by atoms with E-state index in [9.17, 15) is 49.2 Å². The molecule has 2 saturated heterocycles. The second-order valence-corrected chi connectivity index (χ2v) is 43.5. The number of para-hydroxylation sites is 1. The van der Waals surface area contributed by atoms with Crippen LogP contribution in [0.4, 0.5) is 0 Å². The highest BCUT2D eigenvalue weighted by molar-refractivity contribution is 8.01. The van der Waals surface area contributed by atoms with Crippen LogP contribution in [0.3, 0.4) is 0 Å².